The molecule has 2 aromatic carbocycles. The second-order valence-corrected chi connectivity index (χ2v) is 9.05. The molecule has 31 heavy (non-hydrogen) atoms. The van der Waals surface area contributed by atoms with Crippen LogP contribution in [-0.2, 0) is 16.4 Å². The lowest BCUT2D eigenvalue weighted by molar-refractivity contribution is -0.384. The first-order chi connectivity index (χ1) is 14.7. The molecule has 1 aliphatic heterocycles. The Morgan fingerprint density at radius 1 is 1.13 bits per heavy atom. The van der Waals surface area contributed by atoms with E-state index in [-0.39, 0.29) is 16.1 Å². The van der Waals surface area contributed by atoms with Gasteiger partial charge in [-0.2, -0.15) is 0 Å². The molecule has 0 saturated carbocycles. The molecule has 3 rings (SSSR count). The van der Waals surface area contributed by atoms with Crippen LogP contribution in [0.2, 0.25) is 0 Å². The van der Waals surface area contributed by atoms with Crippen molar-refractivity contribution in [3.8, 4) is 0 Å². The lowest BCUT2D eigenvalue weighted by Crippen LogP contribution is -2.44. The normalized spacial score (nSPS) is 15.0. The van der Waals surface area contributed by atoms with Crippen molar-refractivity contribution in [1.29, 1.82) is 0 Å². The van der Waals surface area contributed by atoms with Gasteiger partial charge in [0.15, 0.2) is 0 Å². The number of nitrogens with two attached hydrogens (primary N) is 1. The summed E-state index contributed by atoms with van der Waals surface area (Å²) in [6, 6.07) is 10.0. The Balaban J connectivity index is 1.81. The Kier molecular flexibility index (Phi) is 6.88. The van der Waals surface area contributed by atoms with Crippen LogP contribution >= 0.6 is 0 Å². The molecule has 0 unspecified atom stereocenters. The third-order valence-corrected chi connectivity index (χ3v) is 6.52. The summed E-state index contributed by atoms with van der Waals surface area (Å²) >= 11 is 0. The maximum Gasteiger partial charge on any atom is 0.293 e. The summed E-state index contributed by atoms with van der Waals surface area (Å²) < 4.78 is 27.1. The molecule has 0 atom stereocenters. The van der Waals surface area contributed by atoms with Crippen LogP contribution < -0.4 is 15.4 Å². The van der Waals surface area contributed by atoms with E-state index >= 15 is 0 Å². The monoisotopic (exact) mass is 447 g/mol. The number of hydrogen-bond acceptors (Lipinski definition) is 8. The van der Waals surface area contributed by atoms with Gasteiger partial charge < -0.3 is 15.5 Å². The van der Waals surface area contributed by atoms with Gasteiger partial charge in [-0.15, -0.1) is 0 Å². The zero-order valence-corrected chi connectivity index (χ0v) is 18.0. The van der Waals surface area contributed by atoms with Gasteiger partial charge in [-0.05, 0) is 49.8 Å². The summed E-state index contributed by atoms with van der Waals surface area (Å²) in [6.45, 7) is 3.21. The Labute approximate surface area is 180 Å². The van der Waals surface area contributed by atoms with Crippen LogP contribution in [0.15, 0.2) is 47.4 Å². The zero-order valence-electron chi connectivity index (χ0n) is 17.2. The number of nitro benzene ring substituents is 1. The number of sulfonamides is 1. The quantitative estimate of drug-likeness (QED) is 0.473. The average molecular weight is 448 g/mol. The van der Waals surface area contributed by atoms with Crippen molar-refractivity contribution in [1.82, 2.24) is 9.62 Å². The van der Waals surface area contributed by atoms with Gasteiger partial charge in [0, 0.05) is 37.8 Å². The highest BCUT2D eigenvalue weighted by Crippen LogP contribution is 2.30. The first-order valence-electron chi connectivity index (χ1n) is 9.79. The lowest BCUT2D eigenvalue weighted by atomic mass is 10.1. The van der Waals surface area contributed by atoms with E-state index in [1.807, 2.05) is 16.7 Å². The third-order valence-electron chi connectivity index (χ3n) is 5.17. The number of nitrogens with zero attached hydrogens (tertiary/aromatic N) is 3. The second kappa shape index (κ2) is 9.41. The number of nitro groups is 1. The van der Waals surface area contributed by atoms with E-state index in [2.05, 4.69) is 4.90 Å². The highest BCUT2D eigenvalue weighted by molar-refractivity contribution is 7.90. The number of carbonyl (C=O) groups excluding carboxylic acids is 1. The van der Waals surface area contributed by atoms with Gasteiger partial charge in [-0.1, -0.05) is 12.1 Å². The van der Waals surface area contributed by atoms with Crippen molar-refractivity contribution in [3.05, 3.63) is 63.7 Å². The van der Waals surface area contributed by atoms with Crippen LogP contribution in [0.5, 0.6) is 0 Å². The fourth-order valence-electron chi connectivity index (χ4n) is 3.37. The van der Waals surface area contributed by atoms with E-state index in [0.29, 0.717) is 31.7 Å². The molecular weight excluding hydrogens is 422 g/mol. The van der Waals surface area contributed by atoms with Crippen LogP contribution in [-0.4, -0.2) is 63.9 Å². The Morgan fingerprint density at radius 3 is 2.35 bits per heavy atom. The Hall–Kier alpha value is -3.02. The molecule has 166 valence electrons. The second-order valence-electron chi connectivity index (χ2n) is 7.37. The number of hydrogen-bond donors (Lipinski definition) is 2. The van der Waals surface area contributed by atoms with Crippen molar-refractivity contribution in [3.63, 3.8) is 0 Å². The molecule has 1 fully saturated rings. The van der Waals surface area contributed by atoms with Gasteiger partial charge in [-0.25, -0.2) is 13.1 Å². The standard InChI is InChI=1S/C20H25N5O5S/c1-23-10-12-24(13-11-23)18-7-4-16(14-19(18)25(27)28)20(26)22-31(29,30)17-5-2-15(3-6-17)8-9-21/h2-7,14H,8-13,21H2,1H3,(H,22,26). The van der Waals surface area contributed by atoms with E-state index in [1.54, 1.807) is 12.1 Å². The van der Waals surface area contributed by atoms with Gasteiger partial charge in [0.1, 0.15) is 5.69 Å². The summed E-state index contributed by atoms with van der Waals surface area (Å²) in [5, 5.41) is 11.6. The number of benzene rings is 2. The summed E-state index contributed by atoms with van der Waals surface area (Å²) in [6.07, 6.45) is 0.607. The molecule has 2 aromatic rings. The van der Waals surface area contributed by atoms with Crippen molar-refractivity contribution >= 4 is 27.3 Å². The van der Waals surface area contributed by atoms with Crippen LogP contribution in [0.3, 0.4) is 0 Å². The molecule has 10 nitrogen and oxygen atoms in total. The minimum atomic E-state index is -4.13. The number of piperazine rings is 1. The highest BCUT2D eigenvalue weighted by Gasteiger charge is 2.26. The fraction of sp³-hybridized carbons (Fsp3) is 0.350. The molecule has 0 spiro atoms. The number of nitrogens with one attached hydrogen (secondary N) is 1. The van der Waals surface area contributed by atoms with Gasteiger partial charge in [0.25, 0.3) is 21.6 Å². The molecule has 1 saturated heterocycles. The average Bonchev–Trinajstić information content (AvgIpc) is 2.74. The third kappa shape index (κ3) is 5.37. The molecule has 11 heteroatoms. The molecular formula is C20H25N5O5S. The predicted molar refractivity (Wildman–Crippen MR) is 117 cm³/mol. The van der Waals surface area contributed by atoms with Gasteiger partial charge in [0.2, 0.25) is 0 Å². The van der Waals surface area contributed by atoms with E-state index < -0.39 is 20.9 Å². The number of likely N-dealkylation sites (N-methyl/N-ethyl adjacent to an activating group) is 1. The van der Waals surface area contributed by atoms with Crippen molar-refractivity contribution < 1.29 is 18.1 Å². The molecule has 0 radical (unpaired) electrons. The predicted octanol–water partition coefficient (Wildman–Crippen LogP) is 0.967. The van der Waals surface area contributed by atoms with Crippen LogP contribution in [0.4, 0.5) is 11.4 Å². The summed E-state index contributed by atoms with van der Waals surface area (Å²) in [7, 11) is -2.15. The molecule has 0 bridgehead atoms. The van der Waals surface area contributed by atoms with Crippen LogP contribution in [0, 0.1) is 10.1 Å². The topological polar surface area (TPSA) is 139 Å². The SMILES string of the molecule is CN1CCN(c2ccc(C(=O)NS(=O)(=O)c3ccc(CCN)cc3)cc2[N+](=O)[O-])CC1. The smallest absolute Gasteiger partial charge is 0.293 e. The van der Waals surface area contributed by atoms with E-state index in [1.165, 1.54) is 24.3 Å². The number of carbonyl (C=O) groups is 1. The maximum atomic E-state index is 12.6. The molecule has 1 amide bonds. The van der Waals surface area contributed by atoms with Crippen molar-refractivity contribution in [2.45, 2.75) is 11.3 Å². The molecule has 1 aliphatic rings. The van der Waals surface area contributed by atoms with Crippen LogP contribution in [0.25, 0.3) is 0 Å². The Morgan fingerprint density at radius 2 is 1.77 bits per heavy atom. The van der Waals surface area contributed by atoms with E-state index in [4.69, 9.17) is 5.73 Å². The first-order valence-corrected chi connectivity index (χ1v) is 11.3. The van der Waals surface area contributed by atoms with Crippen LogP contribution in [0.1, 0.15) is 15.9 Å². The van der Waals surface area contributed by atoms with Gasteiger partial charge in [0.05, 0.1) is 9.82 Å². The zero-order chi connectivity index (χ0) is 22.6. The highest BCUT2D eigenvalue weighted by atomic mass is 32.2. The minimum absolute atomic E-state index is 0.0785. The minimum Gasteiger partial charge on any atom is -0.363 e. The summed E-state index contributed by atoms with van der Waals surface area (Å²) in [5.41, 5.74) is 6.43. The molecule has 3 N–H and O–H groups in total. The largest absolute Gasteiger partial charge is 0.363 e. The lowest BCUT2D eigenvalue weighted by Gasteiger charge is -2.33. The van der Waals surface area contributed by atoms with Gasteiger partial charge >= 0.3 is 0 Å². The summed E-state index contributed by atoms with van der Waals surface area (Å²) in [4.78, 5) is 27.5. The Bertz CT molecular complexity index is 1060. The number of anilines is 1. The van der Waals surface area contributed by atoms with E-state index in [9.17, 15) is 23.3 Å². The van der Waals surface area contributed by atoms with Gasteiger partial charge in [-0.3, -0.25) is 14.9 Å². The fourth-order valence-corrected chi connectivity index (χ4v) is 4.34. The molecule has 0 aliphatic carbocycles. The molecule has 0 aromatic heterocycles. The molecule has 1 heterocycles. The number of rotatable bonds is 7. The number of amides is 1. The first kappa shape index (κ1) is 22.7. The maximum absolute atomic E-state index is 12.6. The van der Waals surface area contributed by atoms with Crippen molar-refractivity contribution in [2.24, 2.45) is 5.73 Å². The van der Waals surface area contributed by atoms with Crippen molar-refractivity contribution in [2.75, 3.05) is 44.7 Å². The summed E-state index contributed by atoms with van der Waals surface area (Å²) in [5.74, 6) is -0.931. The van der Waals surface area contributed by atoms with E-state index in [0.717, 1.165) is 24.7 Å².